The Bertz CT molecular complexity index is 43.9. The Morgan fingerprint density at radius 3 is 2.43 bits per heavy atom. The highest BCUT2D eigenvalue weighted by Crippen LogP contribution is 1.77. The van der Waals surface area contributed by atoms with Crippen LogP contribution in [-0.4, -0.2) is 35.0 Å². The van der Waals surface area contributed by atoms with Crippen molar-refractivity contribution in [2.75, 3.05) is 13.6 Å². The first-order chi connectivity index (χ1) is 3.31. The van der Waals surface area contributed by atoms with Gasteiger partial charge in [0.15, 0.2) is 0 Å². The molecule has 0 saturated heterocycles. The van der Waals surface area contributed by atoms with Gasteiger partial charge in [0, 0.05) is 0 Å². The topological polar surface area (TPSA) is 3.24 Å². The predicted molar refractivity (Wildman–Crippen MR) is 44.3 cm³/mol. The Kier molecular flexibility index (Phi) is 5.65. The Hall–Kier alpha value is 0.874. The van der Waals surface area contributed by atoms with Gasteiger partial charge in [-0.3, -0.25) is 0 Å². The summed E-state index contributed by atoms with van der Waals surface area (Å²) >= 11 is 3.55. The summed E-state index contributed by atoms with van der Waals surface area (Å²) in [7, 11) is 2.68. The Morgan fingerprint density at radius 1 is 1.71 bits per heavy atom. The van der Waals surface area contributed by atoms with Crippen LogP contribution in [0.2, 0.25) is 0 Å². The van der Waals surface area contributed by atoms with Gasteiger partial charge < -0.3 is 4.57 Å². The molecule has 0 fully saturated rings. The fourth-order valence-corrected chi connectivity index (χ4v) is 8.17. The third-order valence-corrected chi connectivity index (χ3v) is 8.37. The quantitative estimate of drug-likeness (QED) is 0.433. The van der Waals surface area contributed by atoms with Crippen molar-refractivity contribution in [3.05, 3.63) is 0 Å². The summed E-state index contributed by atoms with van der Waals surface area (Å²) in [5.74, 6) is 0. The molecule has 0 aliphatic rings. The van der Waals surface area contributed by atoms with Gasteiger partial charge in [-0.15, -0.1) is 15.3 Å². The van der Waals surface area contributed by atoms with Crippen LogP contribution in [0.25, 0.3) is 0 Å². The van der Waals surface area contributed by atoms with E-state index in [-0.39, 0.29) is 16.9 Å². The van der Waals surface area contributed by atoms with Crippen molar-refractivity contribution < 1.29 is 0 Å². The Labute approximate surface area is 57.6 Å². The minimum absolute atomic E-state index is 0.233. The molecule has 0 spiro atoms. The van der Waals surface area contributed by atoms with Gasteiger partial charge >= 0.3 is 0 Å². The van der Waals surface area contributed by atoms with E-state index < -0.39 is 0 Å². The van der Waals surface area contributed by atoms with E-state index in [1.54, 1.807) is 0 Å². The van der Waals surface area contributed by atoms with Crippen molar-refractivity contribution in [1.29, 1.82) is 0 Å². The molecule has 0 aliphatic heterocycles. The zero-order valence-corrected chi connectivity index (χ0v) is 9.36. The van der Waals surface area contributed by atoms with Crippen LogP contribution in [0.3, 0.4) is 0 Å². The molecule has 7 heavy (non-hydrogen) atoms. The molecule has 0 unspecified atom stereocenters. The molecule has 0 atom stereocenters. The fourth-order valence-electron chi connectivity index (χ4n) is 0.302. The van der Waals surface area contributed by atoms with E-state index in [1.807, 2.05) is 0 Å². The first-order valence-electron chi connectivity index (χ1n) is 2.55. The van der Waals surface area contributed by atoms with E-state index in [9.17, 15) is 0 Å². The summed E-state index contributed by atoms with van der Waals surface area (Å²) < 4.78 is 2.46. The largest absolute Gasteiger partial charge is 0.334 e. The van der Waals surface area contributed by atoms with Crippen LogP contribution < -0.4 is 0 Å². The SMILES string of the molecule is CCN(C)[SiH2][SiH2]Br. The van der Waals surface area contributed by atoms with E-state index in [2.05, 4.69) is 33.8 Å². The summed E-state index contributed by atoms with van der Waals surface area (Å²) in [6, 6.07) is 0. The van der Waals surface area contributed by atoms with Gasteiger partial charge in [-0.1, -0.05) is 6.92 Å². The molecule has 0 saturated carbocycles. The Morgan fingerprint density at radius 2 is 2.29 bits per heavy atom. The number of rotatable bonds is 3. The molecule has 0 heterocycles. The van der Waals surface area contributed by atoms with Crippen LogP contribution in [0.4, 0.5) is 0 Å². The van der Waals surface area contributed by atoms with E-state index in [1.165, 1.54) is 6.54 Å². The molecule has 0 aliphatic carbocycles. The summed E-state index contributed by atoms with van der Waals surface area (Å²) in [4.78, 5) is 0. The molecule has 1 nitrogen and oxygen atoms in total. The second-order valence-corrected chi connectivity index (χ2v) is 13.1. The summed E-state index contributed by atoms with van der Waals surface area (Å²) in [5.41, 5.74) is 0. The van der Waals surface area contributed by atoms with Gasteiger partial charge in [-0.05, 0) is 13.6 Å². The van der Waals surface area contributed by atoms with Crippen LogP contribution in [0.1, 0.15) is 6.92 Å². The first-order valence-corrected chi connectivity index (χ1v) is 11.1. The molecule has 0 bridgehead atoms. The lowest BCUT2D eigenvalue weighted by Crippen LogP contribution is -2.25. The van der Waals surface area contributed by atoms with Gasteiger partial charge in [0.25, 0.3) is 0 Å². The van der Waals surface area contributed by atoms with Crippen molar-refractivity contribution in [1.82, 2.24) is 4.57 Å². The molecule has 44 valence electrons. The zero-order chi connectivity index (χ0) is 5.70. The number of halogens is 1. The number of nitrogens with zero attached hydrogens (tertiary/aromatic N) is 1. The maximum absolute atomic E-state index is 3.55. The van der Waals surface area contributed by atoms with Crippen molar-refractivity contribution >= 4 is 32.1 Å². The molecule has 0 N–H and O–H groups in total. The highest BCUT2D eigenvalue weighted by atomic mass is 79.9. The molecule has 0 aromatic carbocycles. The van der Waals surface area contributed by atoms with Gasteiger partial charge in [0.1, 0.15) is 7.66 Å². The smallest absolute Gasteiger partial charge is 0.102 e. The first kappa shape index (κ1) is 7.87. The van der Waals surface area contributed by atoms with E-state index >= 15 is 0 Å². The third-order valence-electron chi connectivity index (χ3n) is 1.01. The van der Waals surface area contributed by atoms with Gasteiger partial charge in [0.2, 0.25) is 0 Å². The maximum Gasteiger partial charge on any atom is 0.102 e. The molecule has 0 aromatic rings. The highest BCUT2D eigenvalue weighted by Gasteiger charge is 1.89. The van der Waals surface area contributed by atoms with Crippen LogP contribution in [0, 0.1) is 0 Å². The van der Waals surface area contributed by atoms with E-state index in [4.69, 9.17) is 0 Å². The minimum Gasteiger partial charge on any atom is -0.334 e. The zero-order valence-electron chi connectivity index (χ0n) is 4.95. The summed E-state index contributed by atoms with van der Waals surface area (Å²) in [6.07, 6.45) is 0. The van der Waals surface area contributed by atoms with Crippen LogP contribution >= 0.6 is 15.3 Å². The van der Waals surface area contributed by atoms with Crippen LogP contribution in [0.5, 0.6) is 0 Å². The molecule has 0 rings (SSSR count). The molecule has 4 heteroatoms. The summed E-state index contributed by atoms with van der Waals surface area (Å²) in [6.45, 7) is 3.45. The average molecular weight is 198 g/mol. The van der Waals surface area contributed by atoms with Gasteiger partial charge in [0.05, 0.1) is 9.20 Å². The highest BCUT2D eigenvalue weighted by molar-refractivity contribution is 9.24. The Balaban J connectivity index is 2.83. The standard InChI is InChI=1S/C3H12BrNSi2/c1-3-5(2)7-6-4/h3,6-7H2,1-2H3. The van der Waals surface area contributed by atoms with Crippen molar-refractivity contribution in [3.8, 4) is 0 Å². The van der Waals surface area contributed by atoms with Gasteiger partial charge in [-0.25, -0.2) is 0 Å². The molecule has 0 amide bonds. The molecular weight excluding hydrogens is 186 g/mol. The monoisotopic (exact) mass is 197 g/mol. The van der Waals surface area contributed by atoms with Gasteiger partial charge in [-0.2, -0.15) is 0 Å². The molecular formula is C3H12BrNSi2. The van der Waals surface area contributed by atoms with Crippen molar-refractivity contribution in [2.45, 2.75) is 6.92 Å². The van der Waals surface area contributed by atoms with Crippen molar-refractivity contribution in [2.24, 2.45) is 0 Å². The lowest BCUT2D eigenvalue weighted by atomic mass is 10.8. The van der Waals surface area contributed by atoms with E-state index in [0.717, 1.165) is 0 Å². The normalized spacial score (nSPS) is 13.7. The van der Waals surface area contributed by atoms with E-state index in [0.29, 0.717) is 0 Å². The second-order valence-electron chi connectivity index (χ2n) is 1.58. The number of hydrogen-bond donors (Lipinski definition) is 0. The summed E-state index contributed by atoms with van der Waals surface area (Å²) in [5, 5.41) is 0. The molecule has 0 aromatic heterocycles. The second kappa shape index (κ2) is 5.02. The average Bonchev–Trinajstić information content (AvgIpc) is 1.68. The van der Waals surface area contributed by atoms with Crippen LogP contribution in [-0.2, 0) is 0 Å². The minimum atomic E-state index is 0.233. The lowest BCUT2D eigenvalue weighted by Gasteiger charge is -2.08. The maximum atomic E-state index is 3.55. The lowest BCUT2D eigenvalue weighted by molar-refractivity contribution is 0.577. The molecule has 0 radical (unpaired) electrons. The van der Waals surface area contributed by atoms with Crippen LogP contribution in [0.15, 0.2) is 0 Å². The van der Waals surface area contributed by atoms with Crippen molar-refractivity contribution in [3.63, 3.8) is 0 Å². The fraction of sp³-hybridized carbons (Fsp3) is 1.00. The third kappa shape index (κ3) is 4.73. The predicted octanol–water partition coefficient (Wildman–Crippen LogP) is -0.584. The number of hydrogen-bond acceptors (Lipinski definition) is 1.